The molecular formula is C17H15N3O6. The van der Waals surface area contributed by atoms with Crippen molar-refractivity contribution in [2.24, 2.45) is 0 Å². The first-order valence-corrected chi connectivity index (χ1v) is 8.25. The average molecular weight is 357 g/mol. The van der Waals surface area contributed by atoms with Crippen molar-refractivity contribution in [1.82, 2.24) is 14.9 Å². The second-order valence-corrected chi connectivity index (χ2v) is 6.42. The summed E-state index contributed by atoms with van der Waals surface area (Å²) in [7, 11) is 0. The van der Waals surface area contributed by atoms with Gasteiger partial charge in [0, 0.05) is 19.4 Å². The van der Waals surface area contributed by atoms with Crippen molar-refractivity contribution in [2.75, 3.05) is 6.54 Å². The maximum atomic E-state index is 13.0. The van der Waals surface area contributed by atoms with Crippen LogP contribution in [0.25, 0.3) is 0 Å². The van der Waals surface area contributed by atoms with Crippen LogP contribution in [0, 0.1) is 0 Å². The molecule has 0 aromatic heterocycles. The van der Waals surface area contributed by atoms with Crippen LogP contribution in [0.3, 0.4) is 0 Å². The summed E-state index contributed by atoms with van der Waals surface area (Å²) < 4.78 is 0. The SMILES string of the molecule is O=C(O)[C@@H]1CCN2C(=O)CC[C@H](N3C(=O)c4ccccc4C3=O)C(=O)N12. The molecule has 0 saturated carbocycles. The molecule has 3 aliphatic rings. The summed E-state index contributed by atoms with van der Waals surface area (Å²) in [6.07, 6.45) is 0.0385. The third kappa shape index (κ3) is 2.13. The van der Waals surface area contributed by atoms with Gasteiger partial charge in [0.1, 0.15) is 6.04 Å². The van der Waals surface area contributed by atoms with E-state index in [1.165, 1.54) is 12.1 Å². The third-order valence-corrected chi connectivity index (χ3v) is 5.02. The van der Waals surface area contributed by atoms with E-state index in [4.69, 9.17) is 0 Å². The molecule has 1 aromatic carbocycles. The Balaban J connectivity index is 1.73. The van der Waals surface area contributed by atoms with Crippen LogP contribution in [0.4, 0.5) is 0 Å². The summed E-state index contributed by atoms with van der Waals surface area (Å²) in [6, 6.07) is 3.87. The number of fused-ring (bicyclic) bond motifs is 2. The van der Waals surface area contributed by atoms with Gasteiger partial charge in [-0.15, -0.1) is 0 Å². The topological polar surface area (TPSA) is 115 Å². The molecule has 2 atom stereocenters. The minimum absolute atomic E-state index is 0.0253. The van der Waals surface area contributed by atoms with Crippen molar-refractivity contribution < 1.29 is 29.1 Å². The van der Waals surface area contributed by atoms with E-state index < -0.39 is 35.8 Å². The highest BCUT2D eigenvalue weighted by molar-refractivity contribution is 6.23. The number of benzene rings is 1. The molecular weight excluding hydrogens is 342 g/mol. The maximum Gasteiger partial charge on any atom is 0.328 e. The molecule has 0 radical (unpaired) electrons. The van der Waals surface area contributed by atoms with Crippen LogP contribution in [0.15, 0.2) is 24.3 Å². The van der Waals surface area contributed by atoms with Gasteiger partial charge in [-0.2, -0.15) is 0 Å². The zero-order valence-electron chi connectivity index (χ0n) is 13.6. The molecule has 1 N–H and O–H groups in total. The van der Waals surface area contributed by atoms with Gasteiger partial charge in [0.15, 0.2) is 6.04 Å². The minimum atomic E-state index is -1.23. The predicted octanol–water partition coefficient (Wildman–Crippen LogP) is -0.126. The highest BCUT2D eigenvalue weighted by Crippen LogP contribution is 2.31. The van der Waals surface area contributed by atoms with Gasteiger partial charge in [-0.1, -0.05) is 12.1 Å². The molecule has 0 spiro atoms. The zero-order valence-corrected chi connectivity index (χ0v) is 13.6. The van der Waals surface area contributed by atoms with E-state index in [9.17, 15) is 29.1 Å². The Hall–Kier alpha value is -3.23. The Bertz CT molecular complexity index is 831. The summed E-state index contributed by atoms with van der Waals surface area (Å²) in [6.45, 7) is 0.121. The lowest BCUT2D eigenvalue weighted by molar-refractivity contribution is -0.166. The highest BCUT2D eigenvalue weighted by atomic mass is 16.4. The van der Waals surface area contributed by atoms with Gasteiger partial charge in [0.25, 0.3) is 17.7 Å². The number of carbonyl (C=O) groups is 5. The molecule has 134 valence electrons. The summed E-state index contributed by atoms with van der Waals surface area (Å²) in [5.74, 6) is -3.53. The zero-order chi connectivity index (χ0) is 18.6. The smallest absolute Gasteiger partial charge is 0.328 e. The van der Waals surface area contributed by atoms with E-state index in [1.54, 1.807) is 12.1 Å². The number of nitrogens with zero attached hydrogens (tertiary/aromatic N) is 3. The Morgan fingerprint density at radius 2 is 1.62 bits per heavy atom. The number of rotatable bonds is 2. The summed E-state index contributed by atoms with van der Waals surface area (Å²) in [4.78, 5) is 63.0. The highest BCUT2D eigenvalue weighted by Gasteiger charge is 2.51. The molecule has 3 heterocycles. The minimum Gasteiger partial charge on any atom is -0.480 e. The number of carboxylic acids is 1. The molecule has 0 bridgehead atoms. The van der Waals surface area contributed by atoms with Crippen LogP contribution in [-0.2, 0) is 14.4 Å². The quantitative estimate of drug-likeness (QED) is 0.738. The van der Waals surface area contributed by atoms with Gasteiger partial charge >= 0.3 is 5.97 Å². The standard InChI is InChI=1S/C17H15N3O6/c21-13-6-5-11(16(24)20-12(17(25)26)7-8-18(13)20)19-14(22)9-3-1-2-4-10(9)15(19)23/h1-4,11-12H,5-8H2,(H,25,26)/t11-,12-/m0/s1. The molecule has 9 heteroatoms. The van der Waals surface area contributed by atoms with Gasteiger partial charge in [-0.3, -0.25) is 29.1 Å². The molecule has 2 fully saturated rings. The molecule has 0 unspecified atom stereocenters. The van der Waals surface area contributed by atoms with Crippen molar-refractivity contribution in [3.8, 4) is 0 Å². The lowest BCUT2D eigenvalue weighted by Crippen LogP contribution is -2.56. The predicted molar refractivity (Wildman–Crippen MR) is 84.6 cm³/mol. The third-order valence-electron chi connectivity index (χ3n) is 5.02. The fourth-order valence-corrected chi connectivity index (χ4v) is 3.78. The van der Waals surface area contributed by atoms with Crippen molar-refractivity contribution in [1.29, 1.82) is 0 Å². The van der Waals surface area contributed by atoms with E-state index in [2.05, 4.69) is 0 Å². The van der Waals surface area contributed by atoms with Crippen molar-refractivity contribution in [3.63, 3.8) is 0 Å². The molecule has 1 aromatic rings. The first kappa shape index (κ1) is 16.2. The van der Waals surface area contributed by atoms with Gasteiger partial charge in [0.2, 0.25) is 5.91 Å². The maximum absolute atomic E-state index is 13.0. The Labute approximate surface area is 147 Å². The van der Waals surface area contributed by atoms with Crippen molar-refractivity contribution in [3.05, 3.63) is 35.4 Å². The number of aliphatic carboxylic acids is 1. The summed E-state index contributed by atoms with van der Waals surface area (Å²) >= 11 is 0. The molecule has 9 nitrogen and oxygen atoms in total. The normalized spacial score (nSPS) is 25.5. The van der Waals surface area contributed by atoms with E-state index in [0.29, 0.717) is 0 Å². The van der Waals surface area contributed by atoms with Crippen molar-refractivity contribution >= 4 is 29.6 Å². The van der Waals surface area contributed by atoms with Gasteiger partial charge in [-0.05, 0) is 18.6 Å². The molecule has 4 rings (SSSR count). The van der Waals surface area contributed by atoms with E-state index >= 15 is 0 Å². The first-order valence-electron chi connectivity index (χ1n) is 8.25. The van der Waals surface area contributed by atoms with Crippen LogP contribution >= 0.6 is 0 Å². The molecule has 2 saturated heterocycles. The fraction of sp³-hybridized carbons (Fsp3) is 0.353. The Morgan fingerprint density at radius 3 is 2.19 bits per heavy atom. The number of hydrogen-bond donors (Lipinski definition) is 1. The fourth-order valence-electron chi connectivity index (χ4n) is 3.78. The van der Waals surface area contributed by atoms with Gasteiger partial charge in [-0.25, -0.2) is 9.80 Å². The van der Waals surface area contributed by atoms with E-state index in [0.717, 1.165) is 14.9 Å². The molecule has 4 amide bonds. The lowest BCUT2D eigenvalue weighted by atomic mass is 10.1. The van der Waals surface area contributed by atoms with Crippen LogP contribution < -0.4 is 0 Å². The Morgan fingerprint density at radius 1 is 1.00 bits per heavy atom. The van der Waals surface area contributed by atoms with Crippen molar-refractivity contribution in [2.45, 2.75) is 31.3 Å². The van der Waals surface area contributed by atoms with Gasteiger partial charge in [0.05, 0.1) is 11.1 Å². The molecule has 26 heavy (non-hydrogen) atoms. The van der Waals surface area contributed by atoms with Crippen LogP contribution in [0.2, 0.25) is 0 Å². The Kier molecular flexibility index (Phi) is 3.53. The summed E-state index contributed by atoms with van der Waals surface area (Å²) in [5, 5.41) is 11.4. The number of hydrazine groups is 1. The summed E-state index contributed by atoms with van der Waals surface area (Å²) in [5.41, 5.74) is 0.405. The van der Waals surface area contributed by atoms with E-state index in [-0.39, 0.29) is 42.8 Å². The largest absolute Gasteiger partial charge is 0.480 e. The number of carbonyl (C=O) groups excluding carboxylic acids is 4. The second-order valence-electron chi connectivity index (χ2n) is 6.42. The van der Waals surface area contributed by atoms with Crippen LogP contribution in [-0.4, -0.2) is 68.3 Å². The lowest BCUT2D eigenvalue weighted by Gasteiger charge is -2.32. The number of imide groups is 1. The van der Waals surface area contributed by atoms with E-state index in [1.807, 2.05) is 0 Å². The molecule has 0 aliphatic carbocycles. The molecule has 3 aliphatic heterocycles. The first-order chi connectivity index (χ1) is 12.4. The average Bonchev–Trinajstić information content (AvgIpc) is 3.14. The number of hydrogen-bond acceptors (Lipinski definition) is 5. The number of carboxylic acid groups (broad SMARTS) is 1. The monoisotopic (exact) mass is 357 g/mol. The number of amides is 4. The van der Waals surface area contributed by atoms with Crippen LogP contribution in [0.5, 0.6) is 0 Å². The van der Waals surface area contributed by atoms with Crippen LogP contribution in [0.1, 0.15) is 40.0 Å². The van der Waals surface area contributed by atoms with Gasteiger partial charge < -0.3 is 5.11 Å². The second kappa shape index (κ2) is 5.65.